The zero-order chi connectivity index (χ0) is 23.5. The summed E-state index contributed by atoms with van der Waals surface area (Å²) in [5.74, 6) is 1.38. The van der Waals surface area contributed by atoms with Gasteiger partial charge in [0.15, 0.2) is 0 Å². The molecule has 2 aliphatic rings. The first-order valence-electron chi connectivity index (χ1n) is 11.3. The molecular formula is C25H26N2O4S3. The number of morpholine rings is 1. The summed E-state index contributed by atoms with van der Waals surface area (Å²) in [4.78, 5) is 4.24. The first-order valence-corrected chi connectivity index (χ1v) is 14.1. The number of sulfonamides is 1. The van der Waals surface area contributed by atoms with E-state index in [9.17, 15) is 8.42 Å². The average Bonchev–Trinajstić information content (AvgIpc) is 2.86. The number of hydrogen-bond donors (Lipinski definition) is 0. The summed E-state index contributed by atoms with van der Waals surface area (Å²) in [6, 6.07) is 18.8. The molecule has 6 nitrogen and oxygen atoms in total. The van der Waals surface area contributed by atoms with Crippen molar-refractivity contribution in [3.05, 3.63) is 60.7 Å². The minimum atomic E-state index is -3.70. The van der Waals surface area contributed by atoms with Crippen LogP contribution in [0.5, 0.6) is 5.75 Å². The number of nitrogens with zero attached hydrogens (tertiary/aromatic N) is 2. The fourth-order valence-electron chi connectivity index (χ4n) is 4.20. The molecule has 3 aromatic rings. The van der Waals surface area contributed by atoms with Gasteiger partial charge >= 0.3 is 0 Å². The lowest BCUT2D eigenvalue weighted by atomic mass is 10.1. The van der Waals surface area contributed by atoms with Gasteiger partial charge < -0.3 is 14.4 Å². The minimum Gasteiger partial charge on any atom is -0.493 e. The van der Waals surface area contributed by atoms with E-state index in [2.05, 4.69) is 4.90 Å². The van der Waals surface area contributed by atoms with Crippen LogP contribution < -0.4 is 9.04 Å². The van der Waals surface area contributed by atoms with E-state index < -0.39 is 10.0 Å². The molecule has 2 heterocycles. The Labute approximate surface area is 209 Å². The lowest BCUT2D eigenvalue weighted by Gasteiger charge is -2.30. The Kier molecular flexibility index (Phi) is 6.96. The monoisotopic (exact) mass is 514 g/mol. The maximum atomic E-state index is 13.6. The molecule has 5 rings (SSSR count). The lowest BCUT2D eigenvalue weighted by Crippen LogP contribution is -2.41. The molecule has 0 aromatic heterocycles. The Morgan fingerprint density at radius 1 is 1.03 bits per heavy atom. The van der Waals surface area contributed by atoms with Crippen molar-refractivity contribution in [2.45, 2.75) is 16.2 Å². The van der Waals surface area contributed by atoms with Gasteiger partial charge in [0.05, 0.1) is 30.4 Å². The van der Waals surface area contributed by atoms with E-state index in [1.807, 2.05) is 48.5 Å². The minimum absolute atomic E-state index is 0.303. The molecule has 0 aliphatic carbocycles. The van der Waals surface area contributed by atoms with E-state index in [0.29, 0.717) is 48.5 Å². The second-order valence-corrected chi connectivity index (χ2v) is 11.7. The summed E-state index contributed by atoms with van der Waals surface area (Å²) in [7, 11) is -3.70. The van der Waals surface area contributed by atoms with E-state index in [1.54, 1.807) is 23.9 Å². The predicted molar refractivity (Wildman–Crippen MR) is 141 cm³/mol. The molecule has 1 fully saturated rings. The number of hydrogen-bond acceptors (Lipinski definition) is 6. The van der Waals surface area contributed by atoms with E-state index in [0.717, 1.165) is 40.2 Å². The molecule has 34 heavy (non-hydrogen) atoms. The quantitative estimate of drug-likeness (QED) is 0.338. The van der Waals surface area contributed by atoms with Crippen LogP contribution in [0.4, 0.5) is 5.69 Å². The van der Waals surface area contributed by atoms with Crippen molar-refractivity contribution >= 4 is 55.5 Å². The summed E-state index contributed by atoms with van der Waals surface area (Å²) < 4.78 is 40.1. The van der Waals surface area contributed by atoms with Gasteiger partial charge in [-0.3, -0.25) is 4.31 Å². The third-order valence-corrected chi connectivity index (χ3v) is 9.21. The third kappa shape index (κ3) is 4.88. The maximum Gasteiger partial charge on any atom is 0.264 e. The summed E-state index contributed by atoms with van der Waals surface area (Å²) in [6.07, 6.45) is 0.824. The lowest BCUT2D eigenvalue weighted by molar-refractivity contribution is 0.117. The van der Waals surface area contributed by atoms with Crippen LogP contribution >= 0.6 is 24.0 Å². The van der Waals surface area contributed by atoms with Gasteiger partial charge in [-0.1, -0.05) is 42.5 Å². The topological polar surface area (TPSA) is 59.1 Å². The van der Waals surface area contributed by atoms with Crippen molar-refractivity contribution in [1.29, 1.82) is 0 Å². The Bertz CT molecular complexity index is 1310. The molecule has 1 saturated heterocycles. The number of thiocarbonyl (C=S) groups is 1. The van der Waals surface area contributed by atoms with Crippen molar-refractivity contribution in [1.82, 2.24) is 4.90 Å². The number of benzene rings is 3. The molecule has 0 bridgehead atoms. The van der Waals surface area contributed by atoms with Gasteiger partial charge in [-0.25, -0.2) is 8.42 Å². The first kappa shape index (κ1) is 23.4. The average molecular weight is 515 g/mol. The van der Waals surface area contributed by atoms with Gasteiger partial charge in [0.25, 0.3) is 10.0 Å². The molecule has 0 N–H and O–H groups in total. The highest BCUT2D eigenvalue weighted by Crippen LogP contribution is 2.40. The van der Waals surface area contributed by atoms with Crippen LogP contribution in [-0.4, -0.2) is 63.5 Å². The van der Waals surface area contributed by atoms with Gasteiger partial charge in [-0.2, -0.15) is 0 Å². The summed E-state index contributed by atoms with van der Waals surface area (Å²) >= 11 is 7.01. The molecule has 178 valence electrons. The maximum absolute atomic E-state index is 13.6. The zero-order valence-corrected chi connectivity index (χ0v) is 21.1. The fourth-order valence-corrected chi connectivity index (χ4v) is 7.13. The molecule has 0 amide bonds. The van der Waals surface area contributed by atoms with Crippen LogP contribution in [0.1, 0.15) is 6.42 Å². The van der Waals surface area contributed by atoms with Crippen LogP contribution in [0.15, 0.2) is 70.5 Å². The number of anilines is 1. The number of fused-ring (bicyclic) bond motifs is 2. The third-order valence-electron chi connectivity index (χ3n) is 5.98. The van der Waals surface area contributed by atoms with Crippen molar-refractivity contribution in [2.24, 2.45) is 0 Å². The normalized spacial score (nSPS) is 16.5. The molecule has 3 aromatic carbocycles. The van der Waals surface area contributed by atoms with Crippen molar-refractivity contribution in [3.8, 4) is 5.75 Å². The van der Waals surface area contributed by atoms with Crippen LogP contribution in [0.3, 0.4) is 0 Å². The van der Waals surface area contributed by atoms with E-state index in [-0.39, 0.29) is 0 Å². The summed E-state index contributed by atoms with van der Waals surface area (Å²) in [6.45, 7) is 3.81. The molecular weight excluding hydrogens is 488 g/mol. The molecule has 0 radical (unpaired) electrons. The van der Waals surface area contributed by atoms with E-state index >= 15 is 0 Å². The highest BCUT2D eigenvalue weighted by molar-refractivity contribution is 8.00. The molecule has 0 atom stereocenters. The molecule has 0 saturated carbocycles. The highest BCUT2D eigenvalue weighted by atomic mass is 32.2. The van der Waals surface area contributed by atoms with E-state index in [4.69, 9.17) is 21.7 Å². The van der Waals surface area contributed by atoms with Crippen molar-refractivity contribution in [3.63, 3.8) is 0 Å². The molecule has 2 aliphatic heterocycles. The van der Waals surface area contributed by atoms with Gasteiger partial charge in [0, 0.05) is 36.3 Å². The van der Waals surface area contributed by atoms with Gasteiger partial charge in [-0.05, 0) is 41.5 Å². The second-order valence-electron chi connectivity index (χ2n) is 8.20. The van der Waals surface area contributed by atoms with Gasteiger partial charge in [-0.15, -0.1) is 11.8 Å². The zero-order valence-electron chi connectivity index (χ0n) is 18.7. The second kappa shape index (κ2) is 10.1. The Morgan fingerprint density at radius 2 is 1.88 bits per heavy atom. The number of rotatable bonds is 7. The Balaban J connectivity index is 1.32. The summed E-state index contributed by atoms with van der Waals surface area (Å²) in [5.41, 5.74) is 0.677. The predicted octanol–water partition coefficient (Wildman–Crippen LogP) is 4.57. The van der Waals surface area contributed by atoms with Gasteiger partial charge in [0.2, 0.25) is 0 Å². The highest BCUT2D eigenvalue weighted by Gasteiger charge is 2.30. The SMILES string of the molecule is O=S(=O)(c1ccc2ccccc2c1)N1CCSc2ccc(OCCCN3CCOCC3=S)cc21. The van der Waals surface area contributed by atoms with Crippen molar-refractivity contribution < 1.29 is 17.9 Å². The molecule has 0 spiro atoms. The standard InChI is InChI=1S/C25H26N2O4S3/c28-34(29,22-8-6-19-4-1-2-5-20(19)16-22)27-12-15-33-24-9-7-21(17-23(24)27)31-13-3-10-26-11-14-30-18-25(26)32/h1-2,4-9,16-17H,3,10-15,18H2. The van der Waals surface area contributed by atoms with Crippen LogP contribution in [0, 0.1) is 0 Å². The number of thioether (sulfide) groups is 1. The first-order chi connectivity index (χ1) is 16.5. The van der Waals surface area contributed by atoms with E-state index in [1.165, 1.54) is 4.31 Å². The van der Waals surface area contributed by atoms with Crippen molar-refractivity contribution in [2.75, 3.05) is 49.5 Å². The molecule has 0 unspecified atom stereocenters. The Morgan fingerprint density at radius 3 is 2.74 bits per heavy atom. The smallest absolute Gasteiger partial charge is 0.264 e. The number of ether oxygens (including phenoxy) is 2. The fraction of sp³-hybridized carbons (Fsp3) is 0.320. The van der Waals surface area contributed by atoms with Gasteiger partial charge in [0.1, 0.15) is 10.7 Å². The largest absolute Gasteiger partial charge is 0.493 e. The molecule has 9 heteroatoms. The van der Waals surface area contributed by atoms with Crippen LogP contribution in [-0.2, 0) is 14.8 Å². The van der Waals surface area contributed by atoms with Crippen LogP contribution in [0.2, 0.25) is 0 Å². The Hall–Kier alpha value is -2.33. The summed E-state index contributed by atoms with van der Waals surface area (Å²) in [5, 5.41) is 1.93. The van der Waals surface area contributed by atoms with Crippen LogP contribution in [0.25, 0.3) is 10.8 Å².